The molecule has 0 bridgehead atoms. The number of ether oxygens (including phenoxy) is 1. The number of nitrogens with two attached hydrogens (primary N) is 2. The average Bonchev–Trinajstić information content (AvgIpc) is 2.42. The van der Waals surface area contributed by atoms with Crippen molar-refractivity contribution in [2.24, 2.45) is 5.73 Å². The highest BCUT2D eigenvalue weighted by Gasteiger charge is 2.07. The van der Waals surface area contributed by atoms with Crippen LogP contribution in [0.1, 0.15) is 10.4 Å². The van der Waals surface area contributed by atoms with E-state index >= 15 is 0 Å². The van der Waals surface area contributed by atoms with Gasteiger partial charge in [0.2, 0.25) is 5.91 Å². The highest BCUT2D eigenvalue weighted by molar-refractivity contribution is 5.95. The third-order valence-corrected chi connectivity index (χ3v) is 2.70. The van der Waals surface area contributed by atoms with Crippen molar-refractivity contribution in [2.45, 2.75) is 6.61 Å². The van der Waals surface area contributed by atoms with E-state index in [1.54, 1.807) is 18.2 Å². The predicted molar refractivity (Wildman–Crippen MR) is 75.7 cm³/mol. The first-order valence-corrected chi connectivity index (χ1v) is 5.97. The molecule has 1 amide bonds. The summed E-state index contributed by atoms with van der Waals surface area (Å²) in [5, 5.41) is 2.97. The normalized spacial score (nSPS) is 10.4. The van der Waals surface area contributed by atoms with Crippen LogP contribution in [-0.4, -0.2) is 12.5 Å². The first-order valence-electron chi connectivity index (χ1n) is 5.97. The Hall–Kier alpha value is -2.83. The fourth-order valence-electron chi connectivity index (χ4n) is 1.69. The maximum Gasteiger partial charge on any atom is 0.387 e. The van der Waals surface area contributed by atoms with Crippen LogP contribution in [0.15, 0.2) is 42.5 Å². The van der Waals surface area contributed by atoms with Gasteiger partial charge in [0, 0.05) is 11.3 Å². The van der Waals surface area contributed by atoms with E-state index in [1.807, 2.05) is 0 Å². The number of carbonyl (C=O) groups is 1. The van der Waals surface area contributed by atoms with Crippen LogP contribution in [0.25, 0.3) is 0 Å². The summed E-state index contributed by atoms with van der Waals surface area (Å²) < 4.78 is 28.3. The number of hydrogen-bond donors (Lipinski definition) is 3. The third-order valence-electron chi connectivity index (χ3n) is 2.70. The van der Waals surface area contributed by atoms with Gasteiger partial charge in [-0.05, 0) is 42.5 Å². The van der Waals surface area contributed by atoms with Crippen molar-refractivity contribution in [2.75, 3.05) is 11.1 Å². The summed E-state index contributed by atoms with van der Waals surface area (Å²) in [6, 6.07) is 10.5. The zero-order valence-corrected chi connectivity index (χ0v) is 10.8. The van der Waals surface area contributed by atoms with Gasteiger partial charge in [-0.1, -0.05) is 0 Å². The second-order valence-corrected chi connectivity index (χ2v) is 4.19. The molecule has 0 fully saturated rings. The van der Waals surface area contributed by atoms with Gasteiger partial charge in [-0.3, -0.25) is 4.79 Å². The number of halogens is 2. The van der Waals surface area contributed by atoms with E-state index in [1.165, 1.54) is 24.3 Å². The van der Waals surface area contributed by atoms with Gasteiger partial charge < -0.3 is 21.5 Å². The maximum atomic E-state index is 12.0. The van der Waals surface area contributed by atoms with Crippen LogP contribution >= 0.6 is 0 Å². The van der Waals surface area contributed by atoms with Crippen molar-refractivity contribution in [3.8, 4) is 5.75 Å². The molecule has 110 valence electrons. The molecule has 2 aromatic carbocycles. The van der Waals surface area contributed by atoms with Crippen molar-refractivity contribution >= 4 is 23.0 Å². The molecule has 0 atom stereocenters. The lowest BCUT2D eigenvalue weighted by Gasteiger charge is -2.11. The van der Waals surface area contributed by atoms with Crippen LogP contribution in [0.3, 0.4) is 0 Å². The molecule has 0 aliphatic carbocycles. The molecular formula is C14H13F2N3O2. The number of nitrogens with one attached hydrogen (secondary N) is 1. The molecule has 2 aromatic rings. The van der Waals surface area contributed by atoms with Crippen molar-refractivity contribution in [3.05, 3.63) is 48.0 Å². The molecule has 7 heteroatoms. The first kappa shape index (κ1) is 14.6. The van der Waals surface area contributed by atoms with E-state index in [0.29, 0.717) is 22.6 Å². The lowest BCUT2D eigenvalue weighted by atomic mass is 10.1. The number of nitrogen functional groups attached to an aromatic ring is 1. The zero-order valence-electron chi connectivity index (χ0n) is 10.8. The number of benzene rings is 2. The fourth-order valence-corrected chi connectivity index (χ4v) is 1.69. The third kappa shape index (κ3) is 3.82. The summed E-state index contributed by atoms with van der Waals surface area (Å²) in [7, 11) is 0. The molecule has 0 aliphatic rings. The minimum atomic E-state index is -2.87. The lowest BCUT2D eigenvalue weighted by molar-refractivity contribution is -0.0498. The Balaban J connectivity index is 2.18. The largest absolute Gasteiger partial charge is 0.435 e. The molecule has 21 heavy (non-hydrogen) atoms. The maximum absolute atomic E-state index is 12.0. The first-order chi connectivity index (χ1) is 9.95. The van der Waals surface area contributed by atoms with Crippen molar-refractivity contribution in [1.29, 1.82) is 0 Å². The molecule has 2 rings (SSSR count). The van der Waals surface area contributed by atoms with E-state index < -0.39 is 12.5 Å². The van der Waals surface area contributed by atoms with Gasteiger partial charge in [0.25, 0.3) is 0 Å². The van der Waals surface area contributed by atoms with Crippen molar-refractivity contribution in [3.63, 3.8) is 0 Å². The van der Waals surface area contributed by atoms with Crippen molar-refractivity contribution < 1.29 is 18.3 Å². The summed E-state index contributed by atoms with van der Waals surface area (Å²) in [5.74, 6) is -0.520. The van der Waals surface area contributed by atoms with Crippen LogP contribution in [0.2, 0.25) is 0 Å². The number of alkyl halides is 2. The molecular weight excluding hydrogens is 280 g/mol. The minimum Gasteiger partial charge on any atom is -0.435 e. The molecule has 0 saturated carbocycles. The second kappa shape index (κ2) is 6.08. The lowest BCUT2D eigenvalue weighted by Crippen LogP contribution is -2.11. The minimum absolute atomic E-state index is 0.0504. The van der Waals surface area contributed by atoms with Gasteiger partial charge in [0.15, 0.2) is 0 Å². The molecule has 5 nitrogen and oxygen atoms in total. The summed E-state index contributed by atoms with van der Waals surface area (Å²) in [4.78, 5) is 11.1. The van der Waals surface area contributed by atoms with Gasteiger partial charge in [-0.25, -0.2) is 0 Å². The number of carbonyl (C=O) groups excluding carboxylic acids is 1. The summed E-state index contributed by atoms with van der Waals surface area (Å²) in [6.45, 7) is -2.87. The Labute approximate surface area is 119 Å². The molecule has 0 unspecified atom stereocenters. The molecule has 0 spiro atoms. The quantitative estimate of drug-likeness (QED) is 0.739. The van der Waals surface area contributed by atoms with Gasteiger partial charge in [0.1, 0.15) is 5.75 Å². The number of anilines is 3. The monoisotopic (exact) mass is 293 g/mol. The molecule has 0 aromatic heterocycles. The zero-order chi connectivity index (χ0) is 15.4. The number of rotatable bonds is 5. The van der Waals surface area contributed by atoms with E-state index in [2.05, 4.69) is 10.1 Å². The average molecular weight is 293 g/mol. The standard InChI is InChI=1S/C14H13F2N3O2/c15-14(16)21-10-4-2-9(3-5-10)19-12-7-8(13(18)20)1-6-11(12)17/h1-7,14,19H,17H2,(H2,18,20). The van der Waals surface area contributed by atoms with E-state index in [9.17, 15) is 13.6 Å². The number of primary amides is 1. The molecule has 0 saturated heterocycles. The van der Waals surface area contributed by atoms with E-state index in [4.69, 9.17) is 11.5 Å². The van der Waals surface area contributed by atoms with E-state index in [-0.39, 0.29) is 5.75 Å². The van der Waals surface area contributed by atoms with Crippen LogP contribution in [0.4, 0.5) is 25.8 Å². The topological polar surface area (TPSA) is 90.4 Å². The van der Waals surface area contributed by atoms with Crippen LogP contribution in [0, 0.1) is 0 Å². The molecule has 0 heterocycles. The van der Waals surface area contributed by atoms with Gasteiger partial charge in [-0.15, -0.1) is 0 Å². The Morgan fingerprint density at radius 2 is 1.81 bits per heavy atom. The Morgan fingerprint density at radius 1 is 1.14 bits per heavy atom. The van der Waals surface area contributed by atoms with Gasteiger partial charge in [0.05, 0.1) is 11.4 Å². The molecule has 5 N–H and O–H groups in total. The SMILES string of the molecule is NC(=O)c1ccc(N)c(Nc2ccc(OC(F)F)cc2)c1. The number of hydrogen-bond acceptors (Lipinski definition) is 4. The smallest absolute Gasteiger partial charge is 0.387 e. The molecule has 0 aliphatic heterocycles. The van der Waals surface area contributed by atoms with E-state index in [0.717, 1.165) is 0 Å². The second-order valence-electron chi connectivity index (χ2n) is 4.19. The Kier molecular flexibility index (Phi) is 4.22. The molecule has 0 radical (unpaired) electrons. The Bertz CT molecular complexity index is 645. The Morgan fingerprint density at radius 3 is 2.38 bits per heavy atom. The number of amides is 1. The highest BCUT2D eigenvalue weighted by Crippen LogP contribution is 2.26. The predicted octanol–water partition coefficient (Wildman–Crippen LogP) is 2.71. The highest BCUT2D eigenvalue weighted by atomic mass is 19.3. The fraction of sp³-hybridized carbons (Fsp3) is 0.0714. The summed E-state index contributed by atoms with van der Waals surface area (Å²) >= 11 is 0. The summed E-state index contributed by atoms with van der Waals surface area (Å²) in [6.07, 6.45) is 0. The summed E-state index contributed by atoms with van der Waals surface area (Å²) in [5.41, 5.74) is 12.8. The van der Waals surface area contributed by atoms with Crippen molar-refractivity contribution in [1.82, 2.24) is 0 Å². The van der Waals surface area contributed by atoms with Crippen LogP contribution < -0.4 is 21.5 Å². The van der Waals surface area contributed by atoms with Crippen LogP contribution in [-0.2, 0) is 0 Å². The van der Waals surface area contributed by atoms with Gasteiger partial charge >= 0.3 is 6.61 Å². The van der Waals surface area contributed by atoms with Crippen LogP contribution in [0.5, 0.6) is 5.75 Å². The van der Waals surface area contributed by atoms with Gasteiger partial charge in [-0.2, -0.15) is 8.78 Å².